The number of imidazole rings is 1. The summed E-state index contributed by atoms with van der Waals surface area (Å²) in [5.41, 5.74) is 1.69. The Balaban J connectivity index is 1.63. The van der Waals surface area contributed by atoms with Gasteiger partial charge < -0.3 is 4.57 Å². The maximum absolute atomic E-state index is 12.2. The van der Waals surface area contributed by atoms with Crippen molar-refractivity contribution in [2.45, 2.75) is 29.9 Å². The second-order valence-corrected chi connectivity index (χ2v) is 7.77. The third-order valence-corrected chi connectivity index (χ3v) is 6.00. The van der Waals surface area contributed by atoms with Gasteiger partial charge in [-0.2, -0.15) is 0 Å². The van der Waals surface area contributed by atoms with Crippen LogP contribution in [0.1, 0.15) is 11.3 Å². The van der Waals surface area contributed by atoms with E-state index in [1.54, 1.807) is 36.9 Å². The van der Waals surface area contributed by atoms with Crippen molar-refractivity contribution in [1.82, 2.24) is 14.3 Å². The summed E-state index contributed by atoms with van der Waals surface area (Å²) in [7, 11) is -3.45. The Kier molecular flexibility index (Phi) is 4.05. The number of hydrogen-bond acceptors (Lipinski definition) is 4. The van der Waals surface area contributed by atoms with Crippen molar-refractivity contribution in [2.75, 3.05) is 12.3 Å². The van der Waals surface area contributed by atoms with Gasteiger partial charge in [-0.3, -0.25) is 0 Å². The highest BCUT2D eigenvalue weighted by Gasteiger charge is 2.17. The van der Waals surface area contributed by atoms with E-state index in [4.69, 9.17) is 0 Å². The Hall–Kier alpha value is -1.31. The fourth-order valence-electron chi connectivity index (χ4n) is 2.33. The van der Waals surface area contributed by atoms with Crippen molar-refractivity contribution < 1.29 is 8.42 Å². The molecule has 7 heteroatoms. The van der Waals surface area contributed by atoms with Gasteiger partial charge in [0.1, 0.15) is 0 Å². The summed E-state index contributed by atoms with van der Waals surface area (Å²) in [5, 5.41) is 1.03. The monoisotopic (exact) mass is 323 g/mol. The quantitative estimate of drug-likeness (QED) is 0.911. The molecule has 3 rings (SSSR count). The molecule has 0 spiro atoms. The molecular formula is C14H17N3O2S2. The maximum atomic E-state index is 12.2. The van der Waals surface area contributed by atoms with Crippen LogP contribution in [0.15, 0.2) is 40.5 Å². The number of aryl methyl sites for hydroxylation is 2. The van der Waals surface area contributed by atoms with E-state index in [1.807, 2.05) is 12.3 Å². The van der Waals surface area contributed by atoms with Crippen LogP contribution in [-0.2, 0) is 23.0 Å². The number of nitrogens with zero attached hydrogens (tertiary/aromatic N) is 2. The fourth-order valence-corrected chi connectivity index (χ4v) is 4.57. The molecule has 0 radical (unpaired) electrons. The van der Waals surface area contributed by atoms with Crippen LogP contribution >= 0.6 is 11.8 Å². The molecule has 2 heterocycles. The Bertz CT molecular complexity index is 732. The van der Waals surface area contributed by atoms with Crippen LogP contribution in [-0.4, -0.2) is 30.3 Å². The van der Waals surface area contributed by atoms with E-state index < -0.39 is 10.0 Å². The van der Waals surface area contributed by atoms with Crippen LogP contribution in [0.4, 0.5) is 0 Å². The molecule has 1 aliphatic rings. The molecule has 1 aromatic carbocycles. The van der Waals surface area contributed by atoms with E-state index in [2.05, 4.69) is 14.3 Å². The Morgan fingerprint density at radius 1 is 1.38 bits per heavy atom. The minimum Gasteiger partial charge on any atom is -0.325 e. The second-order valence-electron chi connectivity index (χ2n) is 4.97. The molecule has 0 aliphatic carbocycles. The van der Waals surface area contributed by atoms with Crippen LogP contribution < -0.4 is 4.72 Å². The first-order valence-corrected chi connectivity index (χ1v) is 9.27. The van der Waals surface area contributed by atoms with Crippen LogP contribution in [0.5, 0.6) is 0 Å². The van der Waals surface area contributed by atoms with Gasteiger partial charge in [-0.25, -0.2) is 18.1 Å². The number of thioether (sulfide) groups is 1. The Labute approximate surface area is 128 Å². The lowest BCUT2D eigenvalue weighted by molar-refractivity contribution is 0.580. The van der Waals surface area contributed by atoms with Crippen LogP contribution in [0.2, 0.25) is 0 Å². The van der Waals surface area contributed by atoms with E-state index >= 15 is 0 Å². The summed E-state index contributed by atoms with van der Waals surface area (Å²) in [6.45, 7) is 3.14. The molecule has 0 saturated heterocycles. The maximum Gasteiger partial charge on any atom is 0.240 e. The van der Waals surface area contributed by atoms with E-state index in [9.17, 15) is 8.42 Å². The summed E-state index contributed by atoms with van der Waals surface area (Å²) >= 11 is 1.74. The zero-order valence-corrected chi connectivity index (χ0v) is 13.4. The van der Waals surface area contributed by atoms with Gasteiger partial charge in [-0.1, -0.05) is 30.0 Å². The van der Waals surface area contributed by atoms with E-state index in [-0.39, 0.29) is 0 Å². The second kappa shape index (κ2) is 5.82. The molecule has 0 saturated carbocycles. The molecule has 112 valence electrons. The third-order valence-electron chi connectivity index (χ3n) is 3.41. The highest BCUT2D eigenvalue weighted by atomic mass is 32.2. The first-order valence-electron chi connectivity index (χ1n) is 6.80. The van der Waals surface area contributed by atoms with Crippen molar-refractivity contribution in [3.05, 3.63) is 41.7 Å². The minimum absolute atomic E-state index is 0.341. The van der Waals surface area contributed by atoms with Crippen LogP contribution in [0.3, 0.4) is 0 Å². The van der Waals surface area contributed by atoms with Crippen LogP contribution in [0, 0.1) is 6.92 Å². The highest BCUT2D eigenvalue weighted by molar-refractivity contribution is 7.99. The number of fused-ring (bicyclic) bond motifs is 1. The Morgan fingerprint density at radius 2 is 2.19 bits per heavy atom. The lowest BCUT2D eigenvalue weighted by Crippen LogP contribution is -2.26. The van der Waals surface area contributed by atoms with Gasteiger partial charge >= 0.3 is 0 Å². The SMILES string of the molecule is Cc1ccccc1S(=O)(=O)NCCc1cn2c(n1)SCC2. The van der Waals surface area contributed by atoms with Gasteiger partial charge in [0, 0.05) is 31.5 Å². The molecule has 1 aliphatic heterocycles. The van der Waals surface area contributed by atoms with Gasteiger partial charge in [-0.15, -0.1) is 0 Å². The van der Waals surface area contributed by atoms with Gasteiger partial charge in [0.15, 0.2) is 5.16 Å². The number of sulfonamides is 1. The number of rotatable bonds is 5. The zero-order valence-electron chi connectivity index (χ0n) is 11.7. The molecular weight excluding hydrogens is 306 g/mol. The molecule has 5 nitrogen and oxygen atoms in total. The van der Waals surface area contributed by atoms with Crippen molar-refractivity contribution in [2.24, 2.45) is 0 Å². The normalized spacial score (nSPS) is 14.3. The van der Waals surface area contributed by atoms with E-state index in [0.717, 1.165) is 28.7 Å². The third kappa shape index (κ3) is 3.14. The molecule has 2 aromatic rings. The van der Waals surface area contributed by atoms with Gasteiger partial charge in [0.05, 0.1) is 10.6 Å². The van der Waals surface area contributed by atoms with Gasteiger partial charge in [0.2, 0.25) is 10.0 Å². The van der Waals surface area contributed by atoms with Crippen molar-refractivity contribution in [1.29, 1.82) is 0 Å². The molecule has 0 unspecified atom stereocenters. The summed E-state index contributed by atoms with van der Waals surface area (Å²) < 4.78 is 29.3. The molecule has 0 bridgehead atoms. The molecule has 21 heavy (non-hydrogen) atoms. The molecule has 0 atom stereocenters. The fraction of sp³-hybridized carbons (Fsp3) is 0.357. The predicted molar refractivity (Wildman–Crippen MR) is 83.0 cm³/mol. The van der Waals surface area contributed by atoms with Crippen molar-refractivity contribution in [3.63, 3.8) is 0 Å². The summed E-state index contributed by atoms with van der Waals surface area (Å²) in [6, 6.07) is 6.99. The number of nitrogens with one attached hydrogen (secondary N) is 1. The number of aromatic nitrogens is 2. The summed E-state index contributed by atoms with van der Waals surface area (Å²) in [5.74, 6) is 1.07. The molecule has 0 fully saturated rings. The van der Waals surface area contributed by atoms with Gasteiger partial charge in [-0.05, 0) is 18.6 Å². The molecule has 1 aromatic heterocycles. The molecule has 1 N–H and O–H groups in total. The summed E-state index contributed by atoms with van der Waals surface area (Å²) in [4.78, 5) is 4.83. The highest BCUT2D eigenvalue weighted by Crippen LogP contribution is 2.24. The van der Waals surface area contributed by atoms with E-state index in [0.29, 0.717) is 17.9 Å². The average molecular weight is 323 g/mol. The van der Waals surface area contributed by atoms with Gasteiger partial charge in [0.25, 0.3) is 0 Å². The standard InChI is InChI=1S/C14H17N3O2S2/c1-11-4-2-3-5-13(11)21(18,19)15-7-6-12-10-17-8-9-20-14(17)16-12/h2-5,10,15H,6-9H2,1H3. The van der Waals surface area contributed by atoms with E-state index in [1.165, 1.54) is 0 Å². The van der Waals surface area contributed by atoms with Crippen molar-refractivity contribution >= 4 is 21.8 Å². The lowest BCUT2D eigenvalue weighted by Gasteiger charge is -2.08. The average Bonchev–Trinajstić information content (AvgIpc) is 2.99. The predicted octanol–water partition coefficient (Wildman–Crippen LogP) is 1.82. The first-order chi connectivity index (χ1) is 10.1. The Morgan fingerprint density at radius 3 is 2.95 bits per heavy atom. The molecule has 0 amide bonds. The zero-order chi connectivity index (χ0) is 14.9. The number of benzene rings is 1. The summed E-state index contributed by atoms with van der Waals surface area (Å²) in [6.07, 6.45) is 2.61. The first kappa shape index (κ1) is 14.6. The number of hydrogen-bond donors (Lipinski definition) is 1. The lowest BCUT2D eigenvalue weighted by atomic mass is 10.2. The largest absolute Gasteiger partial charge is 0.325 e. The smallest absolute Gasteiger partial charge is 0.240 e. The minimum atomic E-state index is -3.45. The van der Waals surface area contributed by atoms with Crippen LogP contribution in [0.25, 0.3) is 0 Å². The van der Waals surface area contributed by atoms with Crippen molar-refractivity contribution in [3.8, 4) is 0 Å². The topological polar surface area (TPSA) is 64.0 Å².